The average Bonchev–Trinajstić information content (AvgIpc) is 2.52. The van der Waals surface area contributed by atoms with Crippen LogP contribution in [0.1, 0.15) is 77.6 Å². The third-order valence-electron chi connectivity index (χ3n) is 3.57. The van der Waals surface area contributed by atoms with Crippen molar-refractivity contribution < 1.29 is 0 Å². The number of hydrogen-bond acceptors (Lipinski definition) is 1. The lowest BCUT2D eigenvalue weighted by atomic mass is 10.0. The van der Waals surface area contributed by atoms with Crippen LogP contribution in [0.3, 0.4) is 0 Å². The Balaban J connectivity index is 1.89. The molecule has 1 aliphatic heterocycles. The summed E-state index contributed by atoms with van der Waals surface area (Å²) in [5.41, 5.74) is 0. The Morgan fingerprint density at radius 2 is 1.73 bits per heavy atom. The molecule has 0 amide bonds. The number of rotatable bonds is 7. The Morgan fingerprint density at radius 3 is 2.60 bits per heavy atom. The van der Waals surface area contributed by atoms with Crippen LogP contribution in [0.4, 0.5) is 0 Å². The first kappa shape index (κ1) is 13.0. The van der Waals surface area contributed by atoms with Gasteiger partial charge in [-0.15, -0.1) is 0 Å². The minimum absolute atomic E-state index is 0.846. The van der Waals surface area contributed by atoms with Gasteiger partial charge in [-0.3, -0.25) is 0 Å². The second-order valence-electron chi connectivity index (χ2n) is 5.06. The Morgan fingerprint density at radius 1 is 0.933 bits per heavy atom. The highest BCUT2D eigenvalue weighted by Gasteiger charge is 2.10. The molecule has 1 rings (SSSR count). The van der Waals surface area contributed by atoms with E-state index in [-0.39, 0.29) is 0 Å². The fourth-order valence-electron chi connectivity index (χ4n) is 2.52. The van der Waals surface area contributed by atoms with Gasteiger partial charge in [-0.25, -0.2) is 0 Å². The maximum atomic E-state index is 3.68. The zero-order valence-electron chi connectivity index (χ0n) is 10.6. The summed E-state index contributed by atoms with van der Waals surface area (Å²) in [6.07, 6.45) is 15.8. The fourth-order valence-corrected chi connectivity index (χ4v) is 2.52. The Hall–Kier alpha value is -0.0400. The molecular weight excluding hydrogens is 182 g/mol. The van der Waals surface area contributed by atoms with Crippen LogP contribution in [0.15, 0.2) is 0 Å². The minimum atomic E-state index is 0.846. The van der Waals surface area contributed by atoms with E-state index < -0.39 is 0 Å². The molecule has 0 bridgehead atoms. The first-order valence-corrected chi connectivity index (χ1v) is 7.17. The molecule has 15 heavy (non-hydrogen) atoms. The van der Waals surface area contributed by atoms with E-state index in [0.717, 1.165) is 6.04 Å². The molecule has 0 saturated carbocycles. The van der Waals surface area contributed by atoms with E-state index in [4.69, 9.17) is 0 Å². The first-order chi connectivity index (χ1) is 7.43. The Kier molecular flexibility index (Phi) is 7.99. The van der Waals surface area contributed by atoms with Crippen molar-refractivity contribution in [1.82, 2.24) is 5.32 Å². The predicted molar refractivity (Wildman–Crippen MR) is 68.3 cm³/mol. The summed E-state index contributed by atoms with van der Waals surface area (Å²) < 4.78 is 0. The molecule has 0 aromatic heterocycles. The summed E-state index contributed by atoms with van der Waals surface area (Å²) in [6.45, 7) is 3.55. The van der Waals surface area contributed by atoms with Crippen molar-refractivity contribution in [2.24, 2.45) is 0 Å². The minimum Gasteiger partial charge on any atom is -0.314 e. The van der Waals surface area contributed by atoms with Crippen molar-refractivity contribution in [3.63, 3.8) is 0 Å². The van der Waals surface area contributed by atoms with Gasteiger partial charge in [0.2, 0.25) is 0 Å². The lowest BCUT2D eigenvalue weighted by Crippen LogP contribution is -2.27. The predicted octanol–water partition coefficient (Wildman–Crippen LogP) is 4.27. The maximum Gasteiger partial charge on any atom is 0.00670 e. The molecule has 1 unspecified atom stereocenters. The van der Waals surface area contributed by atoms with Gasteiger partial charge in [-0.2, -0.15) is 0 Å². The standard InChI is InChI=1S/C14H29N/c1-2-3-4-5-6-8-11-14-12-9-7-10-13-15-14/h14-15H,2-13H2,1H3. The molecule has 0 aliphatic carbocycles. The van der Waals surface area contributed by atoms with Gasteiger partial charge in [0, 0.05) is 6.04 Å². The van der Waals surface area contributed by atoms with Crippen molar-refractivity contribution in [3.8, 4) is 0 Å². The molecule has 1 nitrogen and oxygen atoms in total. The molecule has 0 aromatic carbocycles. The zero-order valence-corrected chi connectivity index (χ0v) is 10.6. The third-order valence-corrected chi connectivity index (χ3v) is 3.57. The molecule has 90 valence electrons. The zero-order chi connectivity index (χ0) is 10.8. The van der Waals surface area contributed by atoms with Crippen LogP contribution in [0.2, 0.25) is 0 Å². The number of unbranched alkanes of at least 4 members (excludes halogenated alkanes) is 5. The first-order valence-electron chi connectivity index (χ1n) is 7.17. The second-order valence-corrected chi connectivity index (χ2v) is 5.06. The van der Waals surface area contributed by atoms with E-state index in [1.54, 1.807) is 0 Å². The van der Waals surface area contributed by atoms with Crippen molar-refractivity contribution in [3.05, 3.63) is 0 Å². The van der Waals surface area contributed by atoms with Crippen molar-refractivity contribution in [1.29, 1.82) is 0 Å². The SMILES string of the molecule is CCCCCCCCC1CCCCCN1. The highest BCUT2D eigenvalue weighted by Crippen LogP contribution is 2.15. The van der Waals surface area contributed by atoms with Gasteiger partial charge in [-0.05, 0) is 25.8 Å². The average molecular weight is 211 g/mol. The van der Waals surface area contributed by atoms with Gasteiger partial charge in [0.05, 0.1) is 0 Å². The lowest BCUT2D eigenvalue weighted by Gasteiger charge is -2.15. The van der Waals surface area contributed by atoms with Gasteiger partial charge in [0.25, 0.3) is 0 Å². The molecule has 0 radical (unpaired) electrons. The molecular formula is C14H29N. The summed E-state index contributed by atoms with van der Waals surface area (Å²) in [7, 11) is 0. The van der Waals surface area contributed by atoms with Crippen LogP contribution >= 0.6 is 0 Å². The van der Waals surface area contributed by atoms with Crippen molar-refractivity contribution in [2.75, 3.05) is 6.54 Å². The van der Waals surface area contributed by atoms with Crippen LogP contribution in [0.5, 0.6) is 0 Å². The lowest BCUT2D eigenvalue weighted by molar-refractivity contribution is 0.449. The third kappa shape index (κ3) is 6.94. The van der Waals surface area contributed by atoms with Gasteiger partial charge >= 0.3 is 0 Å². The van der Waals surface area contributed by atoms with Crippen LogP contribution in [-0.2, 0) is 0 Å². The van der Waals surface area contributed by atoms with E-state index in [9.17, 15) is 0 Å². The van der Waals surface area contributed by atoms with E-state index in [0.29, 0.717) is 0 Å². The van der Waals surface area contributed by atoms with Gasteiger partial charge in [0.15, 0.2) is 0 Å². The summed E-state index contributed by atoms with van der Waals surface area (Å²) in [5.74, 6) is 0. The van der Waals surface area contributed by atoms with Crippen LogP contribution in [-0.4, -0.2) is 12.6 Å². The van der Waals surface area contributed by atoms with Crippen molar-refractivity contribution >= 4 is 0 Å². The van der Waals surface area contributed by atoms with Gasteiger partial charge in [-0.1, -0.05) is 58.3 Å². The normalized spacial score (nSPS) is 22.6. The smallest absolute Gasteiger partial charge is 0.00670 e. The van der Waals surface area contributed by atoms with Gasteiger partial charge < -0.3 is 5.32 Å². The summed E-state index contributed by atoms with van der Waals surface area (Å²) >= 11 is 0. The quantitative estimate of drug-likeness (QED) is 0.620. The molecule has 1 heterocycles. The fraction of sp³-hybridized carbons (Fsp3) is 1.00. The monoisotopic (exact) mass is 211 g/mol. The summed E-state index contributed by atoms with van der Waals surface area (Å²) in [4.78, 5) is 0. The Labute approximate surface area is 96.0 Å². The van der Waals surface area contributed by atoms with E-state index in [1.165, 1.54) is 77.2 Å². The molecule has 1 saturated heterocycles. The summed E-state index contributed by atoms with van der Waals surface area (Å²) in [5, 5.41) is 3.68. The van der Waals surface area contributed by atoms with Gasteiger partial charge in [0.1, 0.15) is 0 Å². The molecule has 1 fully saturated rings. The topological polar surface area (TPSA) is 12.0 Å². The number of nitrogens with one attached hydrogen (secondary N) is 1. The maximum absolute atomic E-state index is 3.68. The molecule has 0 aromatic rings. The highest BCUT2D eigenvalue weighted by molar-refractivity contribution is 4.70. The molecule has 1 N–H and O–H groups in total. The molecule has 0 spiro atoms. The van der Waals surface area contributed by atoms with Crippen LogP contribution in [0.25, 0.3) is 0 Å². The number of hydrogen-bond donors (Lipinski definition) is 1. The van der Waals surface area contributed by atoms with E-state index >= 15 is 0 Å². The largest absolute Gasteiger partial charge is 0.314 e. The Bertz CT molecular complexity index is 125. The van der Waals surface area contributed by atoms with Crippen molar-refractivity contribution in [2.45, 2.75) is 83.6 Å². The highest BCUT2D eigenvalue weighted by atomic mass is 14.9. The van der Waals surface area contributed by atoms with E-state index in [1.807, 2.05) is 0 Å². The molecule has 1 atom stereocenters. The molecule has 1 aliphatic rings. The molecule has 1 heteroatoms. The van der Waals surface area contributed by atoms with Crippen LogP contribution in [0, 0.1) is 0 Å². The van der Waals surface area contributed by atoms with Crippen LogP contribution < -0.4 is 5.32 Å². The van der Waals surface area contributed by atoms with E-state index in [2.05, 4.69) is 12.2 Å². The second kappa shape index (κ2) is 9.21. The summed E-state index contributed by atoms with van der Waals surface area (Å²) in [6, 6.07) is 0.846.